The highest BCUT2D eigenvalue weighted by molar-refractivity contribution is 5.74. The third kappa shape index (κ3) is 4.00. The molecule has 4 rings (SSSR count). The van der Waals surface area contributed by atoms with Crippen molar-refractivity contribution in [2.45, 2.75) is 70.1 Å². The molecule has 5 heteroatoms. The lowest BCUT2D eigenvalue weighted by atomic mass is 10.1. The van der Waals surface area contributed by atoms with Gasteiger partial charge in [-0.1, -0.05) is 6.07 Å². The fourth-order valence-corrected chi connectivity index (χ4v) is 3.74. The maximum Gasteiger partial charge on any atom is 0.315 e. The number of carbonyl (C=O) groups is 1. The van der Waals surface area contributed by atoms with Crippen LogP contribution in [-0.4, -0.2) is 23.2 Å². The second-order valence-electron chi connectivity index (χ2n) is 7.52. The summed E-state index contributed by atoms with van der Waals surface area (Å²) in [5.41, 5.74) is 0.953. The zero-order valence-electron chi connectivity index (χ0n) is 14.2. The summed E-state index contributed by atoms with van der Waals surface area (Å²) in [6.45, 7) is 0.462. The maximum absolute atomic E-state index is 12.3. The van der Waals surface area contributed by atoms with Gasteiger partial charge in [-0.3, -0.25) is 0 Å². The van der Waals surface area contributed by atoms with Crippen molar-refractivity contribution in [2.24, 2.45) is 11.8 Å². The average molecular weight is 329 g/mol. The molecule has 5 nitrogen and oxygen atoms in total. The number of amides is 2. The van der Waals surface area contributed by atoms with Gasteiger partial charge in [0, 0.05) is 24.3 Å². The SMILES string of the molecule is O=C(NCc1cccnc1OC1CCCC1)NC(C1CC1)C1CC1. The van der Waals surface area contributed by atoms with E-state index >= 15 is 0 Å². The van der Waals surface area contributed by atoms with E-state index in [9.17, 15) is 4.79 Å². The Kier molecular flexibility index (Phi) is 4.58. The molecular weight excluding hydrogens is 302 g/mol. The van der Waals surface area contributed by atoms with Crippen molar-refractivity contribution in [1.29, 1.82) is 0 Å². The maximum atomic E-state index is 12.3. The summed E-state index contributed by atoms with van der Waals surface area (Å²) in [4.78, 5) is 16.6. The molecule has 130 valence electrons. The summed E-state index contributed by atoms with van der Waals surface area (Å²) < 4.78 is 6.03. The Hall–Kier alpha value is -1.78. The molecule has 0 atom stereocenters. The van der Waals surface area contributed by atoms with Gasteiger partial charge in [-0.25, -0.2) is 9.78 Å². The highest BCUT2D eigenvalue weighted by Gasteiger charge is 2.42. The minimum absolute atomic E-state index is 0.0607. The lowest BCUT2D eigenvalue weighted by Crippen LogP contribution is -2.44. The largest absolute Gasteiger partial charge is 0.474 e. The molecule has 1 aromatic heterocycles. The predicted molar refractivity (Wildman–Crippen MR) is 91.7 cm³/mol. The van der Waals surface area contributed by atoms with E-state index in [0.717, 1.165) is 18.4 Å². The van der Waals surface area contributed by atoms with Crippen molar-refractivity contribution in [1.82, 2.24) is 15.6 Å². The molecule has 24 heavy (non-hydrogen) atoms. The molecule has 3 saturated carbocycles. The lowest BCUT2D eigenvalue weighted by Gasteiger charge is -2.19. The second-order valence-corrected chi connectivity index (χ2v) is 7.52. The topological polar surface area (TPSA) is 63.2 Å². The van der Waals surface area contributed by atoms with Gasteiger partial charge in [0.25, 0.3) is 0 Å². The predicted octanol–water partition coefficient (Wildman–Crippen LogP) is 3.39. The van der Waals surface area contributed by atoms with Gasteiger partial charge in [-0.2, -0.15) is 0 Å². The molecule has 2 N–H and O–H groups in total. The van der Waals surface area contributed by atoms with Gasteiger partial charge in [-0.15, -0.1) is 0 Å². The molecule has 3 aliphatic rings. The van der Waals surface area contributed by atoms with E-state index in [2.05, 4.69) is 15.6 Å². The third-order valence-electron chi connectivity index (χ3n) is 5.43. The number of carbonyl (C=O) groups excluding carboxylic acids is 1. The van der Waals surface area contributed by atoms with Gasteiger partial charge in [0.2, 0.25) is 5.88 Å². The Morgan fingerprint density at radius 2 is 1.88 bits per heavy atom. The molecule has 0 aliphatic heterocycles. The van der Waals surface area contributed by atoms with Crippen LogP contribution in [0.5, 0.6) is 5.88 Å². The average Bonchev–Trinajstić information content (AvgIpc) is 3.52. The van der Waals surface area contributed by atoms with Crippen molar-refractivity contribution in [3.63, 3.8) is 0 Å². The van der Waals surface area contributed by atoms with E-state index in [1.165, 1.54) is 38.5 Å². The molecule has 3 aliphatic carbocycles. The normalized spacial score (nSPS) is 21.0. The van der Waals surface area contributed by atoms with Gasteiger partial charge in [0.15, 0.2) is 0 Å². The summed E-state index contributed by atoms with van der Waals surface area (Å²) in [5, 5.41) is 6.18. The Morgan fingerprint density at radius 1 is 1.17 bits per heavy atom. The number of pyridine rings is 1. The molecule has 1 heterocycles. The van der Waals surface area contributed by atoms with Gasteiger partial charge in [0.05, 0.1) is 0 Å². The number of hydrogen-bond acceptors (Lipinski definition) is 3. The first-order chi connectivity index (χ1) is 11.8. The minimum Gasteiger partial charge on any atom is -0.474 e. The van der Waals surface area contributed by atoms with Crippen LogP contribution < -0.4 is 15.4 Å². The van der Waals surface area contributed by atoms with Crippen molar-refractivity contribution < 1.29 is 9.53 Å². The zero-order chi connectivity index (χ0) is 16.4. The first-order valence-electron chi connectivity index (χ1n) is 9.44. The third-order valence-corrected chi connectivity index (χ3v) is 5.43. The van der Waals surface area contributed by atoms with Gasteiger partial charge >= 0.3 is 6.03 Å². The van der Waals surface area contributed by atoms with Crippen molar-refractivity contribution in [3.8, 4) is 5.88 Å². The van der Waals surface area contributed by atoms with E-state index in [4.69, 9.17) is 4.74 Å². The number of hydrogen-bond donors (Lipinski definition) is 2. The molecule has 0 bridgehead atoms. The van der Waals surface area contributed by atoms with Crippen molar-refractivity contribution in [3.05, 3.63) is 23.9 Å². The van der Waals surface area contributed by atoms with E-state index in [1.807, 2.05) is 12.1 Å². The fourth-order valence-electron chi connectivity index (χ4n) is 3.74. The molecule has 0 radical (unpaired) electrons. The fraction of sp³-hybridized carbons (Fsp3) is 0.684. The number of urea groups is 1. The zero-order valence-corrected chi connectivity index (χ0v) is 14.2. The number of ether oxygens (including phenoxy) is 1. The molecule has 0 aromatic carbocycles. The van der Waals surface area contributed by atoms with Crippen LogP contribution >= 0.6 is 0 Å². The lowest BCUT2D eigenvalue weighted by molar-refractivity contribution is 0.198. The first-order valence-corrected chi connectivity index (χ1v) is 9.44. The Morgan fingerprint density at radius 3 is 2.54 bits per heavy atom. The monoisotopic (exact) mass is 329 g/mol. The van der Waals surface area contributed by atoms with E-state index < -0.39 is 0 Å². The number of nitrogens with zero attached hydrogens (tertiary/aromatic N) is 1. The quantitative estimate of drug-likeness (QED) is 0.806. The van der Waals surface area contributed by atoms with E-state index in [1.54, 1.807) is 6.20 Å². The van der Waals surface area contributed by atoms with E-state index in [-0.39, 0.29) is 12.1 Å². The summed E-state index contributed by atoms with van der Waals surface area (Å²) in [7, 11) is 0. The standard InChI is InChI=1S/C19H27N3O2/c23-19(22-17(13-7-8-13)14-9-10-14)21-12-15-4-3-11-20-18(15)24-16-5-1-2-6-16/h3-4,11,13-14,16-17H,1-2,5-10,12H2,(H2,21,22,23). The molecule has 0 spiro atoms. The van der Waals surface area contributed by atoms with Gasteiger partial charge in [0.1, 0.15) is 6.10 Å². The summed E-state index contributed by atoms with van der Waals surface area (Å²) in [6.07, 6.45) is 11.8. The Bertz CT molecular complexity index is 566. The van der Waals surface area contributed by atoms with Crippen LogP contribution in [0.15, 0.2) is 18.3 Å². The van der Waals surface area contributed by atoms with Crippen LogP contribution in [0.3, 0.4) is 0 Å². The molecule has 1 aromatic rings. The molecule has 2 amide bonds. The Labute approximate surface area is 143 Å². The van der Waals surface area contributed by atoms with Crippen molar-refractivity contribution in [2.75, 3.05) is 0 Å². The molecule has 0 unspecified atom stereocenters. The second kappa shape index (κ2) is 6.99. The van der Waals surface area contributed by atoms with Crippen LogP contribution in [-0.2, 0) is 6.54 Å². The summed E-state index contributed by atoms with van der Waals surface area (Å²) in [6, 6.07) is 4.20. The number of rotatable bonds is 7. The summed E-state index contributed by atoms with van der Waals surface area (Å²) in [5.74, 6) is 2.09. The van der Waals surface area contributed by atoms with Crippen LogP contribution in [0.25, 0.3) is 0 Å². The van der Waals surface area contributed by atoms with E-state index in [0.29, 0.717) is 30.3 Å². The van der Waals surface area contributed by atoms with Gasteiger partial charge < -0.3 is 15.4 Å². The van der Waals surface area contributed by atoms with Gasteiger partial charge in [-0.05, 0) is 69.3 Å². The van der Waals surface area contributed by atoms with Crippen LogP contribution in [0.1, 0.15) is 56.9 Å². The Balaban J connectivity index is 1.30. The number of nitrogens with one attached hydrogen (secondary N) is 2. The van der Waals surface area contributed by atoms with Crippen molar-refractivity contribution >= 4 is 6.03 Å². The first kappa shape index (κ1) is 15.7. The smallest absolute Gasteiger partial charge is 0.315 e. The molecule has 3 fully saturated rings. The minimum atomic E-state index is -0.0607. The molecular formula is C19H27N3O2. The summed E-state index contributed by atoms with van der Waals surface area (Å²) >= 11 is 0. The molecule has 0 saturated heterocycles. The van der Waals surface area contributed by atoms with Crippen LogP contribution in [0, 0.1) is 11.8 Å². The highest BCUT2D eigenvalue weighted by Crippen LogP contribution is 2.44. The van der Waals surface area contributed by atoms with Crippen LogP contribution in [0.2, 0.25) is 0 Å². The highest BCUT2D eigenvalue weighted by atomic mass is 16.5. The van der Waals surface area contributed by atoms with Crippen LogP contribution in [0.4, 0.5) is 4.79 Å². The number of aromatic nitrogens is 1.